The Morgan fingerprint density at radius 3 is 2.44 bits per heavy atom. The number of oxazole rings is 1. The Morgan fingerprint density at radius 1 is 1.14 bits per heavy atom. The molecule has 3 saturated heterocycles. The average molecular weight is 520 g/mol. The molecule has 0 spiro atoms. The SMILES string of the molecule is CCOC(=O)N1C[C@H](C)N(c2nc3c(C(=O)NC4CC5CCCC(C4)N5C)cccc3o2)[C@@H](C)C1.Cl. The minimum absolute atomic E-state index is 0. The predicted octanol–water partition coefficient (Wildman–Crippen LogP) is 4.05. The summed E-state index contributed by atoms with van der Waals surface area (Å²) < 4.78 is 11.3. The van der Waals surface area contributed by atoms with E-state index in [1.54, 1.807) is 4.90 Å². The molecule has 1 N–H and O–H groups in total. The highest BCUT2D eigenvalue weighted by Gasteiger charge is 2.38. The van der Waals surface area contributed by atoms with Crippen molar-refractivity contribution in [3.63, 3.8) is 0 Å². The minimum atomic E-state index is -0.291. The third kappa shape index (κ3) is 5.00. The summed E-state index contributed by atoms with van der Waals surface area (Å²) in [7, 11) is 2.22. The van der Waals surface area contributed by atoms with Gasteiger partial charge in [-0.1, -0.05) is 12.5 Å². The van der Waals surface area contributed by atoms with Crippen molar-refractivity contribution < 1.29 is 18.7 Å². The lowest BCUT2D eigenvalue weighted by Gasteiger charge is -2.47. The predicted molar refractivity (Wildman–Crippen MR) is 141 cm³/mol. The molecule has 3 aliphatic rings. The van der Waals surface area contributed by atoms with Gasteiger partial charge in [-0.05, 0) is 65.6 Å². The Labute approximate surface area is 218 Å². The second-order valence-corrected chi connectivity index (χ2v) is 10.4. The van der Waals surface area contributed by atoms with Gasteiger partial charge in [0.15, 0.2) is 5.58 Å². The van der Waals surface area contributed by atoms with Crippen LogP contribution in [0.5, 0.6) is 0 Å². The second-order valence-electron chi connectivity index (χ2n) is 10.4. The largest absolute Gasteiger partial charge is 0.450 e. The van der Waals surface area contributed by atoms with E-state index in [4.69, 9.17) is 14.1 Å². The van der Waals surface area contributed by atoms with Crippen LogP contribution in [0.15, 0.2) is 22.6 Å². The van der Waals surface area contributed by atoms with Crippen molar-refractivity contribution in [1.82, 2.24) is 20.1 Å². The molecule has 2 aromatic rings. The summed E-state index contributed by atoms with van der Waals surface area (Å²) >= 11 is 0. The van der Waals surface area contributed by atoms with Crippen LogP contribution in [0.25, 0.3) is 11.1 Å². The van der Waals surface area contributed by atoms with E-state index in [1.165, 1.54) is 19.3 Å². The molecule has 4 atom stereocenters. The van der Waals surface area contributed by atoms with Gasteiger partial charge < -0.3 is 29.2 Å². The van der Waals surface area contributed by atoms with Gasteiger partial charge in [0.05, 0.1) is 12.2 Å². The first kappa shape index (κ1) is 26.5. The molecule has 1 aromatic carbocycles. The van der Waals surface area contributed by atoms with E-state index in [9.17, 15) is 9.59 Å². The quantitative estimate of drug-likeness (QED) is 0.651. The molecule has 3 aliphatic heterocycles. The molecule has 2 unspecified atom stereocenters. The topological polar surface area (TPSA) is 91.1 Å². The Morgan fingerprint density at radius 2 is 1.81 bits per heavy atom. The van der Waals surface area contributed by atoms with Crippen LogP contribution in [-0.4, -0.2) is 83.7 Å². The lowest BCUT2D eigenvalue weighted by atomic mass is 9.82. The molecular weight excluding hydrogens is 482 g/mol. The normalized spacial score (nSPS) is 28.5. The van der Waals surface area contributed by atoms with Crippen LogP contribution in [0.2, 0.25) is 0 Å². The van der Waals surface area contributed by atoms with Crippen LogP contribution < -0.4 is 10.2 Å². The highest BCUT2D eigenvalue weighted by molar-refractivity contribution is 6.04. The third-order valence-corrected chi connectivity index (χ3v) is 7.99. The number of carbonyl (C=O) groups excluding carboxylic acids is 2. The van der Waals surface area contributed by atoms with E-state index < -0.39 is 0 Å². The number of hydrogen-bond acceptors (Lipinski definition) is 7. The molecule has 4 heterocycles. The molecule has 1 aromatic heterocycles. The zero-order chi connectivity index (χ0) is 24.7. The molecule has 0 radical (unpaired) electrons. The number of para-hydroxylation sites is 1. The van der Waals surface area contributed by atoms with E-state index in [2.05, 4.69) is 22.2 Å². The van der Waals surface area contributed by atoms with Crippen LogP contribution in [0, 0.1) is 0 Å². The van der Waals surface area contributed by atoms with E-state index in [-0.39, 0.29) is 42.5 Å². The fourth-order valence-electron chi connectivity index (χ4n) is 6.29. The smallest absolute Gasteiger partial charge is 0.409 e. The first-order chi connectivity index (χ1) is 16.9. The summed E-state index contributed by atoms with van der Waals surface area (Å²) in [6, 6.07) is 7.29. The molecule has 2 bridgehead atoms. The molecule has 9 nitrogen and oxygen atoms in total. The zero-order valence-corrected chi connectivity index (χ0v) is 22.4. The van der Waals surface area contributed by atoms with Gasteiger partial charge in [-0.3, -0.25) is 4.79 Å². The van der Waals surface area contributed by atoms with Crippen molar-refractivity contribution in [2.45, 2.75) is 83.1 Å². The summed E-state index contributed by atoms with van der Waals surface area (Å²) in [6.07, 6.45) is 5.41. The number of nitrogens with one attached hydrogen (secondary N) is 1. The number of hydrogen-bond donors (Lipinski definition) is 1. The van der Waals surface area contributed by atoms with E-state index in [0.29, 0.717) is 54.5 Å². The number of benzene rings is 1. The summed E-state index contributed by atoms with van der Waals surface area (Å²) in [5, 5.41) is 3.29. The maximum atomic E-state index is 13.3. The van der Waals surface area contributed by atoms with Crippen LogP contribution in [-0.2, 0) is 4.74 Å². The maximum absolute atomic E-state index is 13.3. The Bertz CT molecular complexity index is 1070. The number of piperidine rings is 2. The minimum Gasteiger partial charge on any atom is -0.450 e. The second kappa shape index (κ2) is 10.8. The Balaban J connectivity index is 0.00000304. The number of aromatic nitrogens is 1. The van der Waals surface area contributed by atoms with Gasteiger partial charge in [0.2, 0.25) is 0 Å². The van der Waals surface area contributed by atoms with Crippen LogP contribution in [0.4, 0.5) is 10.8 Å². The first-order valence-electron chi connectivity index (χ1n) is 13.0. The Hall–Kier alpha value is -2.52. The summed E-state index contributed by atoms with van der Waals surface area (Å²) in [5.74, 6) is -0.0868. The summed E-state index contributed by atoms with van der Waals surface area (Å²) in [4.78, 5) is 36.7. The van der Waals surface area contributed by atoms with Gasteiger partial charge in [0.1, 0.15) is 5.52 Å². The molecule has 198 valence electrons. The van der Waals surface area contributed by atoms with Crippen molar-refractivity contribution in [3.8, 4) is 0 Å². The highest BCUT2D eigenvalue weighted by atomic mass is 35.5. The lowest BCUT2D eigenvalue weighted by molar-refractivity contribution is 0.0463. The van der Waals surface area contributed by atoms with Gasteiger partial charge in [-0.2, -0.15) is 4.98 Å². The highest BCUT2D eigenvalue weighted by Crippen LogP contribution is 2.33. The van der Waals surface area contributed by atoms with Crippen molar-refractivity contribution >= 4 is 41.5 Å². The lowest BCUT2D eigenvalue weighted by Crippen LogP contribution is -2.58. The number of halogens is 1. The van der Waals surface area contributed by atoms with Gasteiger partial charge in [0.25, 0.3) is 11.9 Å². The number of amides is 2. The Kier molecular flexibility index (Phi) is 7.99. The average Bonchev–Trinajstić information content (AvgIpc) is 3.23. The molecule has 0 aliphatic carbocycles. The summed E-state index contributed by atoms with van der Waals surface area (Å²) in [6.45, 7) is 7.30. The molecular formula is C26H38ClN5O4. The number of nitrogens with zero attached hydrogens (tertiary/aromatic N) is 4. The summed E-state index contributed by atoms with van der Waals surface area (Å²) in [5.41, 5.74) is 1.73. The van der Waals surface area contributed by atoms with Gasteiger partial charge in [-0.25, -0.2) is 4.79 Å². The number of piperazine rings is 1. The molecule has 3 fully saturated rings. The zero-order valence-electron chi connectivity index (χ0n) is 21.6. The molecule has 5 rings (SSSR count). The van der Waals surface area contributed by atoms with Crippen molar-refractivity contribution in [1.29, 1.82) is 0 Å². The fourth-order valence-corrected chi connectivity index (χ4v) is 6.29. The number of rotatable bonds is 4. The van der Waals surface area contributed by atoms with E-state index in [0.717, 1.165) is 12.8 Å². The van der Waals surface area contributed by atoms with Gasteiger partial charge in [0, 0.05) is 43.3 Å². The van der Waals surface area contributed by atoms with Gasteiger partial charge in [-0.15, -0.1) is 12.4 Å². The number of ether oxygens (including phenoxy) is 1. The third-order valence-electron chi connectivity index (χ3n) is 7.99. The first-order valence-corrected chi connectivity index (χ1v) is 13.0. The van der Waals surface area contributed by atoms with E-state index >= 15 is 0 Å². The fraction of sp³-hybridized carbons (Fsp3) is 0.654. The van der Waals surface area contributed by atoms with Crippen LogP contribution >= 0.6 is 12.4 Å². The van der Waals surface area contributed by atoms with Crippen LogP contribution in [0.3, 0.4) is 0 Å². The van der Waals surface area contributed by atoms with Gasteiger partial charge >= 0.3 is 6.09 Å². The number of anilines is 1. The van der Waals surface area contributed by atoms with Crippen LogP contribution in [0.1, 0.15) is 63.2 Å². The van der Waals surface area contributed by atoms with Crippen molar-refractivity contribution in [2.24, 2.45) is 0 Å². The maximum Gasteiger partial charge on any atom is 0.409 e. The molecule has 10 heteroatoms. The number of fused-ring (bicyclic) bond motifs is 3. The standard InChI is InChI=1S/C26H37N5O4.ClH/c1-5-34-26(33)30-14-16(2)31(17(3)15-30)25-28-23-21(10-7-11-22(23)35-25)24(32)27-18-12-19-8-6-9-20(13-18)29(19)4;/h7,10-11,16-20H,5-6,8-9,12-15H2,1-4H3,(H,27,32);1H/t16-,17-,18?,19?,20?;/m0./s1. The van der Waals surface area contributed by atoms with E-state index in [1.807, 2.05) is 39.0 Å². The molecule has 36 heavy (non-hydrogen) atoms. The number of carbonyl (C=O) groups is 2. The van der Waals surface area contributed by atoms with Crippen molar-refractivity contribution in [2.75, 3.05) is 31.6 Å². The van der Waals surface area contributed by atoms with Crippen molar-refractivity contribution in [3.05, 3.63) is 23.8 Å². The molecule has 0 saturated carbocycles. The molecule has 2 amide bonds. The monoisotopic (exact) mass is 519 g/mol.